The molecule has 0 spiro atoms. The zero-order chi connectivity index (χ0) is 16.9. The van der Waals surface area contributed by atoms with Crippen molar-refractivity contribution in [2.45, 2.75) is 18.7 Å². The standard InChI is InChI=1S/C17H17F3N2O/c1-22(21)12-11-16(13-5-3-2-4-6-13)23-15-9-7-14(8-10-15)17(18,19)20/h3,5-10,16H,11-12,21H2,1H3. The Morgan fingerprint density at radius 1 is 1.17 bits per heavy atom. The van der Waals surface area contributed by atoms with E-state index in [1.165, 1.54) is 17.1 Å². The van der Waals surface area contributed by atoms with E-state index in [4.69, 9.17) is 10.6 Å². The minimum absolute atomic E-state index is 0.330. The van der Waals surface area contributed by atoms with Crippen molar-refractivity contribution in [1.82, 2.24) is 5.01 Å². The fourth-order valence-corrected chi connectivity index (χ4v) is 2.06. The minimum atomic E-state index is -4.36. The van der Waals surface area contributed by atoms with Crippen molar-refractivity contribution in [1.29, 1.82) is 0 Å². The van der Waals surface area contributed by atoms with E-state index in [0.717, 1.165) is 17.7 Å². The molecule has 1 unspecified atom stereocenters. The van der Waals surface area contributed by atoms with E-state index < -0.39 is 11.7 Å². The molecular formula is C17H17F3N2O. The topological polar surface area (TPSA) is 38.5 Å². The number of rotatable bonds is 6. The molecule has 0 aliphatic rings. The van der Waals surface area contributed by atoms with Crippen LogP contribution in [0.1, 0.15) is 23.7 Å². The van der Waals surface area contributed by atoms with Gasteiger partial charge in [0.2, 0.25) is 0 Å². The van der Waals surface area contributed by atoms with Gasteiger partial charge >= 0.3 is 6.18 Å². The van der Waals surface area contributed by atoms with E-state index in [1.807, 2.05) is 6.07 Å². The lowest BCUT2D eigenvalue weighted by Crippen LogP contribution is -2.28. The molecule has 122 valence electrons. The minimum Gasteiger partial charge on any atom is -0.486 e. The maximum absolute atomic E-state index is 12.6. The van der Waals surface area contributed by atoms with Gasteiger partial charge in [0.15, 0.2) is 0 Å². The fourth-order valence-electron chi connectivity index (χ4n) is 2.06. The van der Waals surface area contributed by atoms with Gasteiger partial charge in [0.25, 0.3) is 0 Å². The van der Waals surface area contributed by atoms with Crippen LogP contribution in [0.3, 0.4) is 0 Å². The van der Waals surface area contributed by atoms with Gasteiger partial charge in [-0.2, -0.15) is 13.2 Å². The molecule has 0 saturated heterocycles. The molecule has 0 aromatic heterocycles. The number of ether oxygens (including phenoxy) is 1. The van der Waals surface area contributed by atoms with E-state index in [9.17, 15) is 13.2 Å². The number of hydrogen-bond acceptors (Lipinski definition) is 3. The Kier molecular flexibility index (Phi) is 5.48. The van der Waals surface area contributed by atoms with Gasteiger partial charge in [0.05, 0.1) is 5.56 Å². The monoisotopic (exact) mass is 322 g/mol. The first-order valence-electron chi connectivity index (χ1n) is 7.03. The van der Waals surface area contributed by atoms with Crippen molar-refractivity contribution >= 4 is 0 Å². The van der Waals surface area contributed by atoms with Crippen LogP contribution < -0.4 is 10.6 Å². The summed E-state index contributed by atoms with van der Waals surface area (Å²) >= 11 is 0. The number of nitrogens with zero attached hydrogens (tertiary/aromatic N) is 1. The highest BCUT2D eigenvalue weighted by molar-refractivity contribution is 5.29. The maximum atomic E-state index is 12.6. The molecule has 0 amide bonds. The third kappa shape index (κ3) is 5.16. The molecule has 0 radical (unpaired) electrons. The third-order valence-corrected chi connectivity index (χ3v) is 3.26. The Labute approximate surface area is 133 Å². The van der Waals surface area contributed by atoms with Crippen molar-refractivity contribution < 1.29 is 17.9 Å². The quantitative estimate of drug-likeness (QED) is 0.652. The molecule has 0 aliphatic carbocycles. The first-order valence-corrected chi connectivity index (χ1v) is 7.03. The Morgan fingerprint density at radius 3 is 2.39 bits per heavy atom. The Hall–Kier alpha value is -2.23. The van der Waals surface area contributed by atoms with Crippen molar-refractivity contribution in [3.05, 3.63) is 65.7 Å². The van der Waals surface area contributed by atoms with Crippen molar-refractivity contribution in [3.63, 3.8) is 0 Å². The molecule has 2 aromatic carbocycles. The van der Waals surface area contributed by atoms with Crippen LogP contribution in [0.4, 0.5) is 13.2 Å². The van der Waals surface area contributed by atoms with Crippen LogP contribution in [-0.2, 0) is 6.18 Å². The van der Waals surface area contributed by atoms with Gasteiger partial charge < -0.3 is 4.74 Å². The highest BCUT2D eigenvalue weighted by Crippen LogP contribution is 2.31. The number of hydrogen-bond donors (Lipinski definition) is 1. The Bertz CT molecular complexity index is 597. The second-order valence-corrected chi connectivity index (χ2v) is 5.16. The van der Waals surface area contributed by atoms with Crippen LogP contribution in [0.15, 0.2) is 42.5 Å². The SMILES string of the molecule is CN(N)CCC(Oc1ccc(C(F)(F)F)cc1)c1cc#ccc1. The summed E-state index contributed by atoms with van der Waals surface area (Å²) in [6, 6.07) is 15.6. The zero-order valence-electron chi connectivity index (χ0n) is 12.6. The Morgan fingerprint density at radius 2 is 1.87 bits per heavy atom. The van der Waals surface area contributed by atoms with Crippen molar-refractivity contribution in [2.24, 2.45) is 5.84 Å². The van der Waals surface area contributed by atoms with Gasteiger partial charge in [0.1, 0.15) is 11.9 Å². The van der Waals surface area contributed by atoms with Crippen LogP contribution in [0, 0.1) is 12.1 Å². The number of nitrogens with two attached hydrogens (primary N) is 1. The van der Waals surface area contributed by atoms with Crippen LogP contribution in [-0.4, -0.2) is 18.6 Å². The second kappa shape index (κ2) is 7.36. The van der Waals surface area contributed by atoms with Crippen molar-refractivity contribution in [3.8, 4) is 5.75 Å². The molecule has 0 heterocycles. The summed E-state index contributed by atoms with van der Waals surface area (Å²) in [6.45, 7) is 0.573. The third-order valence-electron chi connectivity index (χ3n) is 3.26. The molecule has 3 nitrogen and oxygen atoms in total. The van der Waals surface area contributed by atoms with E-state index in [0.29, 0.717) is 18.7 Å². The molecule has 0 bridgehead atoms. The number of alkyl halides is 3. The molecule has 0 aliphatic heterocycles. The van der Waals surface area contributed by atoms with Crippen LogP contribution in [0.2, 0.25) is 0 Å². The predicted octanol–water partition coefficient (Wildman–Crippen LogP) is 3.62. The highest BCUT2D eigenvalue weighted by atomic mass is 19.4. The number of halogens is 3. The average molecular weight is 322 g/mol. The smallest absolute Gasteiger partial charge is 0.416 e. The van der Waals surface area contributed by atoms with Gasteiger partial charge in [-0.1, -0.05) is 12.1 Å². The lowest BCUT2D eigenvalue weighted by Gasteiger charge is -2.21. The van der Waals surface area contributed by atoms with Gasteiger partial charge in [0, 0.05) is 25.6 Å². The van der Waals surface area contributed by atoms with Gasteiger partial charge in [-0.3, -0.25) is 10.9 Å². The first kappa shape index (κ1) is 17.1. The summed E-state index contributed by atoms with van der Waals surface area (Å²) in [5.74, 6) is 5.99. The molecule has 2 rings (SSSR count). The van der Waals surface area contributed by atoms with E-state index in [2.05, 4.69) is 12.1 Å². The van der Waals surface area contributed by atoms with E-state index in [-0.39, 0.29) is 6.10 Å². The molecule has 2 aromatic rings. The average Bonchev–Trinajstić information content (AvgIpc) is 2.51. The fraction of sp³-hybridized carbons (Fsp3) is 0.294. The first-order chi connectivity index (χ1) is 10.9. The summed E-state index contributed by atoms with van der Waals surface area (Å²) < 4.78 is 43.6. The molecule has 23 heavy (non-hydrogen) atoms. The van der Waals surface area contributed by atoms with E-state index >= 15 is 0 Å². The van der Waals surface area contributed by atoms with Crippen LogP contribution in [0.5, 0.6) is 5.75 Å². The normalized spacial score (nSPS) is 12.8. The van der Waals surface area contributed by atoms with Gasteiger partial charge in [-0.25, -0.2) is 0 Å². The molecule has 1 atom stereocenters. The predicted molar refractivity (Wildman–Crippen MR) is 80.4 cm³/mol. The van der Waals surface area contributed by atoms with Gasteiger partial charge in [-0.05, 0) is 42.5 Å². The summed E-state index contributed by atoms with van der Waals surface area (Å²) in [5.41, 5.74) is 0.163. The summed E-state index contributed by atoms with van der Waals surface area (Å²) in [5, 5.41) is 1.53. The van der Waals surface area contributed by atoms with E-state index in [1.54, 1.807) is 19.2 Å². The summed E-state index contributed by atoms with van der Waals surface area (Å²) in [7, 11) is 1.74. The molecular weight excluding hydrogens is 305 g/mol. The maximum Gasteiger partial charge on any atom is 0.416 e. The molecule has 0 saturated carbocycles. The lowest BCUT2D eigenvalue weighted by molar-refractivity contribution is -0.137. The number of hydrazine groups is 1. The molecule has 6 heteroatoms. The summed E-state index contributed by atoms with van der Waals surface area (Å²) in [6.07, 6.45) is -4.10. The largest absolute Gasteiger partial charge is 0.486 e. The van der Waals surface area contributed by atoms with Crippen molar-refractivity contribution in [2.75, 3.05) is 13.6 Å². The highest BCUT2D eigenvalue weighted by Gasteiger charge is 2.30. The summed E-state index contributed by atoms with van der Waals surface area (Å²) in [4.78, 5) is 0. The zero-order valence-corrected chi connectivity index (χ0v) is 12.6. The molecule has 0 fully saturated rings. The van der Waals surface area contributed by atoms with Crippen LogP contribution in [0.25, 0.3) is 0 Å². The lowest BCUT2D eigenvalue weighted by atomic mass is 10.1. The van der Waals surface area contributed by atoms with Gasteiger partial charge in [-0.15, -0.1) is 0 Å². The Balaban J connectivity index is 2.14. The second-order valence-electron chi connectivity index (χ2n) is 5.16. The van der Waals surface area contributed by atoms with Crippen LogP contribution >= 0.6 is 0 Å². The number of benzene rings is 1. The molecule has 2 N–H and O–H groups in total.